The van der Waals surface area contributed by atoms with E-state index in [-0.39, 0.29) is 5.91 Å². The van der Waals surface area contributed by atoms with Gasteiger partial charge >= 0.3 is 11.9 Å². The molecule has 1 heterocycles. The Balaban J connectivity index is 0.000000454. The molecule has 1 aliphatic heterocycles. The predicted octanol–water partition coefficient (Wildman–Crippen LogP) is 2.48. The van der Waals surface area contributed by atoms with E-state index in [1.165, 1.54) is 29.5 Å². The van der Waals surface area contributed by atoms with E-state index in [1.54, 1.807) is 0 Å². The van der Waals surface area contributed by atoms with Gasteiger partial charge in [-0.05, 0) is 48.1 Å². The SMILES string of the molecule is O=C(CCN1CCN(Cc2ccccc2)CC1)Nc1ccc2c(c1)CCC2.O=C(O)C(=O)O. The average Bonchev–Trinajstić information content (AvgIpc) is 3.28. The number of carboxylic acids is 2. The van der Waals surface area contributed by atoms with Crippen LogP contribution in [0.3, 0.4) is 0 Å². The predicted molar refractivity (Wildman–Crippen MR) is 125 cm³/mol. The summed E-state index contributed by atoms with van der Waals surface area (Å²) in [4.78, 5) is 35.4. The summed E-state index contributed by atoms with van der Waals surface area (Å²) in [7, 11) is 0. The first-order valence-electron chi connectivity index (χ1n) is 11.3. The van der Waals surface area contributed by atoms with Gasteiger partial charge in [-0.2, -0.15) is 0 Å². The maximum Gasteiger partial charge on any atom is 0.414 e. The fourth-order valence-corrected chi connectivity index (χ4v) is 4.15. The molecule has 1 fully saturated rings. The van der Waals surface area contributed by atoms with Gasteiger partial charge in [-0.3, -0.25) is 9.69 Å². The number of aryl methyl sites for hydroxylation is 2. The molecule has 8 nitrogen and oxygen atoms in total. The Morgan fingerprint density at radius 1 is 0.818 bits per heavy atom. The maximum absolute atomic E-state index is 12.3. The number of rotatable bonds is 6. The third-order valence-corrected chi connectivity index (χ3v) is 5.93. The van der Waals surface area contributed by atoms with Crippen molar-refractivity contribution in [2.24, 2.45) is 0 Å². The third-order valence-electron chi connectivity index (χ3n) is 5.93. The fraction of sp³-hybridized carbons (Fsp3) is 0.400. The molecule has 0 unspecified atom stereocenters. The second-order valence-electron chi connectivity index (χ2n) is 8.35. The molecule has 4 rings (SSSR count). The molecule has 2 aromatic carbocycles. The summed E-state index contributed by atoms with van der Waals surface area (Å²) in [6.07, 6.45) is 4.13. The molecule has 2 aromatic rings. The van der Waals surface area contributed by atoms with Crippen molar-refractivity contribution in [3.8, 4) is 0 Å². The van der Waals surface area contributed by atoms with Crippen LogP contribution in [-0.2, 0) is 33.8 Å². The van der Waals surface area contributed by atoms with Crippen molar-refractivity contribution in [1.82, 2.24) is 9.80 Å². The smallest absolute Gasteiger partial charge is 0.414 e. The number of carbonyl (C=O) groups is 3. The molecule has 33 heavy (non-hydrogen) atoms. The number of carboxylic acid groups (broad SMARTS) is 2. The van der Waals surface area contributed by atoms with Gasteiger partial charge in [0.2, 0.25) is 5.91 Å². The van der Waals surface area contributed by atoms with Gasteiger partial charge in [-0.15, -0.1) is 0 Å². The quantitative estimate of drug-likeness (QED) is 0.577. The van der Waals surface area contributed by atoms with Crippen LogP contribution >= 0.6 is 0 Å². The number of benzene rings is 2. The summed E-state index contributed by atoms with van der Waals surface area (Å²) in [5.41, 5.74) is 5.18. The first-order chi connectivity index (χ1) is 15.9. The van der Waals surface area contributed by atoms with Crippen molar-refractivity contribution >= 4 is 23.5 Å². The Hall–Kier alpha value is -3.23. The number of anilines is 1. The van der Waals surface area contributed by atoms with Crippen LogP contribution in [0.1, 0.15) is 29.5 Å². The molecule has 0 saturated carbocycles. The van der Waals surface area contributed by atoms with Crippen LogP contribution in [0.5, 0.6) is 0 Å². The van der Waals surface area contributed by atoms with Gasteiger partial charge in [0.15, 0.2) is 0 Å². The molecule has 0 aromatic heterocycles. The van der Waals surface area contributed by atoms with Crippen LogP contribution in [0.4, 0.5) is 5.69 Å². The van der Waals surface area contributed by atoms with Crippen molar-refractivity contribution in [2.45, 2.75) is 32.2 Å². The van der Waals surface area contributed by atoms with Crippen molar-refractivity contribution in [3.05, 3.63) is 65.2 Å². The second kappa shape index (κ2) is 12.1. The molecule has 3 N–H and O–H groups in total. The largest absolute Gasteiger partial charge is 0.473 e. The van der Waals surface area contributed by atoms with E-state index < -0.39 is 11.9 Å². The molecule has 1 aliphatic carbocycles. The van der Waals surface area contributed by atoms with Crippen molar-refractivity contribution in [3.63, 3.8) is 0 Å². The summed E-state index contributed by atoms with van der Waals surface area (Å²) in [6, 6.07) is 17.0. The molecule has 0 bridgehead atoms. The van der Waals surface area contributed by atoms with Crippen molar-refractivity contribution in [2.75, 3.05) is 38.0 Å². The second-order valence-corrected chi connectivity index (χ2v) is 8.35. The number of hydrogen-bond acceptors (Lipinski definition) is 5. The summed E-state index contributed by atoms with van der Waals surface area (Å²) >= 11 is 0. The molecule has 1 saturated heterocycles. The minimum atomic E-state index is -1.82. The summed E-state index contributed by atoms with van der Waals surface area (Å²) < 4.78 is 0. The summed E-state index contributed by atoms with van der Waals surface area (Å²) in [5.74, 6) is -3.52. The molecular weight excluding hydrogens is 422 g/mol. The van der Waals surface area contributed by atoms with E-state index in [1.807, 2.05) is 6.07 Å². The molecule has 2 aliphatic rings. The molecule has 176 valence electrons. The highest BCUT2D eigenvalue weighted by atomic mass is 16.4. The van der Waals surface area contributed by atoms with Crippen LogP contribution in [0.25, 0.3) is 0 Å². The van der Waals surface area contributed by atoms with Gasteiger partial charge in [0.05, 0.1) is 0 Å². The van der Waals surface area contributed by atoms with E-state index in [4.69, 9.17) is 19.8 Å². The van der Waals surface area contributed by atoms with E-state index in [2.05, 4.69) is 57.6 Å². The highest BCUT2D eigenvalue weighted by Crippen LogP contribution is 2.25. The van der Waals surface area contributed by atoms with Gasteiger partial charge < -0.3 is 20.4 Å². The average molecular weight is 454 g/mol. The van der Waals surface area contributed by atoms with Gasteiger partial charge in [0, 0.05) is 51.4 Å². The lowest BCUT2D eigenvalue weighted by atomic mass is 10.1. The Kier molecular flexibility index (Phi) is 8.97. The molecule has 0 spiro atoms. The van der Waals surface area contributed by atoms with Crippen LogP contribution in [0, 0.1) is 0 Å². The fourth-order valence-electron chi connectivity index (χ4n) is 4.15. The number of nitrogens with one attached hydrogen (secondary N) is 1. The molecule has 0 radical (unpaired) electrons. The van der Waals surface area contributed by atoms with E-state index >= 15 is 0 Å². The zero-order valence-electron chi connectivity index (χ0n) is 18.7. The lowest BCUT2D eigenvalue weighted by Crippen LogP contribution is -2.46. The van der Waals surface area contributed by atoms with Gasteiger partial charge in [0.1, 0.15) is 0 Å². The summed E-state index contributed by atoms with van der Waals surface area (Å²) in [5, 5.41) is 17.9. The Labute approximate surface area is 193 Å². The number of fused-ring (bicyclic) bond motifs is 1. The van der Waals surface area contributed by atoms with Gasteiger partial charge in [-0.1, -0.05) is 36.4 Å². The van der Waals surface area contributed by atoms with E-state index in [0.717, 1.165) is 51.4 Å². The van der Waals surface area contributed by atoms with Gasteiger partial charge in [-0.25, -0.2) is 9.59 Å². The van der Waals surface area contributed by atoms with E-state index in [0.29, 0.717) is 6.42 Å². The van der Waals surface area contributed by atoms with Crippen molar-refractivity contribution in [1.29, 1.82) is 0 Å². The normalized spacial score (nSPS) is 15.8. The first-order valence-corrected chi connectivity index (χ1v) is 11.3. The lowest BCUT2D eigenvalue weighted by Gasteiger charge is -2.34. The van der Waals surface area contributed by atoms with Crippen molar-refractivity contribution < 1.29 is 24.6 Å². The first kappa shape index (κ1) is 24.4. The maximum atomic E-state index is 12.3. The zero-order chi connectivity index (χ0) is 23.6. The molecule has 0 atom stereocenters. The number of carbonyl (C=O) groups excluding carboxylic acids is 1. The minimum Gasteiger partial charge on any atom is -0.473 e. The minimum absolute atomic E-state index is 0.125. The highest BCUT2D eigenvalue weighted by Gasteiger charge is 2.18. The molecule has 1 amide bonds. The topological polar surface area (TPSA) is 110 Å². The lowest BCUT2D eigenvalue weighted by molar-refractivity contribution is -0.159. The number of aliphatic carboxylic acids is 2. The summed E-state index contributed by atoms with van der Waals surface area (Å²) in [6.45, 7) is 6.09. The Morgan fingerprint density at radius 2 is 1.45 bits per heavy atom. The zero-order valence-corrected chi connectivity index (χ0v) is 18.7. The highest BCUT2D eigenvalue weighted by molar-refractivity contribution is 6.27. The Morgan fingerprint density at radius 3 is 2.12 bits per heavy atom. The monoisotopic (exact) mass is 453 g/mol. The number of amides is 1. The third kappa shape index (κ3) is 8.00. The number of nitrogens with zero attached hydrogens (tertiary/aromatic N) is 2. The van der Waals surface area contributed by atoms with Crippen LogP contribution < -0.4 is 5.32 Å². The van der Waals surface area contributed by atoms with Crippen LogP contribution in [0.15, 0.2) is 48.5 Å². The van der Waals surface area contributed by atoms with Gasteiger partial charge in [0.25, 0.3) is 0 Å². The molecular formula is C25H31N3O5. The molecule has 8 heteroatoms. The Bertz CT molecular complexity index is 944. The number of hydrogen-bond donors (Lipinski definition) is 3. The van der Waals surface area contributed by atoms with Crippen LogP contribution in [0.2, 0.25) is 0 Å². The number of piperazine rings is 1. The van der Waals surface area contributed by atoms with Crippen LogP contribution in [-0.4, -0.2) is 70.6 Å². The standard InChI is InChI=1S/C23H29N3O.C2H2O4/c27-23(24-22-10-9-20-7-4-8-21(20)17-22)11-12-25-13-15-26(16-14-25)18-19-5-2-1-3-6-19;3-1(4)2(5)6/h1-3,5-6,9-10,17H,4,7-8,11-16,18H2,(H,24,27);(H,3,4)(H,5,6). The van der Waals surface area contributed by atoms with E-state index in [9.17, 15) is 4.79 Å².